The Morgan fingerprint density at radius 3 is 2.13 bits per heavy atom. The van der Waals surface area contributed by atoms with Gasteiger partial charge in [0, 0.05) is 22.0 Å². The third-order valence-corrected chi connectivity index (χ3v) is 6.07. The van der Waals surface area contributed by atoms with Crippen LogP contribution in [0.25, 0.3) is 0 Å². The summed E-state index contributed by atoms with van der Waals surface area (Å²) in [5.41, 5.74) is 1.55. The van der Waals surface area contributed by atoms with Crippen LogP contribution in [0.5, 0.6) is 0 Å². The molecule has 0 radical (unpaired) electrons. The maximum absolute atomic E-state index is 12.6. The first-order valence-electron chi connectivity index (χ1n) is 8.63. The van der Waals surface area contributed by atoms with E-state index in [1.54, 1.807) is 66.7 Å². The maximum Gasteiger partial charge on any atom is 0.288 e. The van der Waals surface area contributed by atoms with Gasteiger partial charge in [0.15, 0.2) is 5.11 Å². The molecule has 0 saturated carbocycles. The van der Waals surface area contributed by atoms with E-state index in [1.807, 2.05) is 0 Å². The Morgan fingerprint density at radius 2 is 1.47 bits per heavy atom. The molecular weight excluding hydrogens is 448 g/mol. The topological polar surface area (TPSA) is 70.2 Å². The molecule has 3 N–H and O–H groups in total. The summed E-state index contributed by atoms with van der Waals surface area (Å²) in [5.74, 6) is -2.48. The molecule has 0 amide bonds. The summed E-state index contributed by atoms with van der Waals surface area (Å²) in [5, 5.41) is 6.08. The number of hydrogen-bond acceptors (Lipinski definition) is 4. The first-order valence-corrected chi connectivity index (χ1v) is 11.4. The molecule has 3 rings (SSSR count). The standard InChI is InChI=1S/C20H17F2N3O2S3/c21-19(22)29-17-11-9-14(10-12-17)23-20(28)24-16-7-4-8-18(13-16)30(26,27)25-15-5-2-1-3-6-15/h1-13,19,25H,(H2,23,24,28). The fourth-order valence-electron chi connectivity index (χ4n) is 2.47. The Morgan fingerprint density at radius 1 is 0.833 bits per heavy atom. The molecule has 5 nitrogen and oxygen atoms in total. The summed E-state index contributed by atoms with van der Waals surface area (Å²) in [6, 6.07) is 21.2. The van der Waals surface area contributed by atoms with E-state index in [0.717, 1.165) is 0 Å². The van der Waals surface area contributed by atoms with Crippen molar-refractivity contribution in [3.63, 3.8) is 0 Å². The highest BCUT2D eigenvalue weighted by Gasteiger charge is 2.15. The number of para-hydroxylation sites is 1. The minimum absolute atomic E-state index is 0.0764. The first kappa shape index (κ1) is 22.0. The Balaban J connectivity index is 1.65. The third kappa shape index (κ3) is 6.41. The second kappa shape index (κ2) is 9.88. The van der Waals surface area contributed by atoms with Gasteiger partial charge in [-0.05, 0) is 66.8 Å². The number of sulfonamides is 1. The minimum Gasteiger partial charge on any atom is -0.332 e. The van der Waals surface area contributed by atoms with E-state index in [1.165, 1.54) is 12.1 Å². The number of alkyl halides is 2. The number of halogens is 2. The highest BCUT2D eigenvalue weighted by molar-refractivity contribution is 7.99. The predicted molar refractivity (Wildman–Crippen MR) is 122 cm³/mol. The fraction of sp³-hybridized carbons (Fsp3) is 0.0500. The second-order valence-corrected chi connectivity index (χ2v) is 9.14. The molecule has 0 aliphatic rings. The summed E-state index contributed by atoms with van der Waals surface area (Å²) in [7, 11) is -3.76. The largest absolute Gasteiger partial charge is 0.332 e. The van der Waals surface area contributed by atoms with Gasteiger partial charge in [-0.2, -0.15) is 8.78 Å². The van der Waals surface area contributed by atoms with Gasteiger partial charge in [-0.15, -0.1) is 0 Å². The summed E-state index contributed by atoms with van der Waals surface area (Å²) in [6.07, 6.45) is 0. The van der Waals surface area contributed by atoms with Gasteiger partial charge >= 0.3 is 0 Å². The molecule has 0 bridgehead atoms. The van der Waals surface area contributed by atoms with Crippen molar-refractivity contribution in [2.75, 3.05) is 15.4 Å². The lowest BCUT2D eigenvalue weighted by Gasteiger charge is -2.13. The number of thiocarbonyl (C=S) groups is 1. The smallest absolute Gasteiger partial charge is 0.288 e. The summed E-state index contributed by atoms with van der Waals surface area (Å²) in [6.45, 7) is 0. The van der Waals surface area contributed by atoms with Crippen LogP contribution in [0, 0.1) is 0 Å². The number of benzene rings is 3. The molecule has 0 spiro atoms. The second-order valence-electron chi connectivity index (χ2n) is 5.98. The number of hydrogen-bond donors (Lipinski definition) is 3. The molecule has 3 aromatic carbocycles. The minimum atomic E-state index is -3.76. The van der Waals surface area contributed by atoms with Crippen molar-refractivity contribution in [3.05, 3.63) is 78.9 Å². The van der Waals surface area contributed by atoms with Crippen LogP contribution < -0.4 is 15.4 Å². The average Bonchev–Trinajstić information content (AvgIpc) is 2.70. The fourth-order valence-corrected chi connectivity index (χ4v) is 4.31. The Bertz CT molecular complexity index is 1110. The van der Waals surface area contributed by atoms with Gasteiger partial charge < -0.3 is 10.6 Å². The highest BCUT2D eigenvalue weighted by atomic mass is 32.2. The number of thioether (sulfide) groups is 1. The zero-order chi connectivity index (χ0) is 21.6. The monoisotopic (exact) mass is 465 g/mol. The van der Waals surface area contributed by atoms with E-state index in [2.05, 4.69) is 15.4 Å². The van der Waals surface area contributed by atoms with E-state index >= 15 is 0 Å². The van der Waals surface area contributed by atoms with E-state index < -0.39 is 15.8 Å². The number of nitrogens with one attached hydrogen (secondary N) is 3. The van der Waals surface area contributed by atoms with Crippen molar-refractivity contribution >= 4 is 56.2 Å². The van der Waals surface area contributed by atoms with Gasteiger partial charge in [-0.3, -0.25) is 4.72 Å². The zero-order valence-corrected chi connectivity index (χ0v) is 17.8. The Kier molecular flexibility index (Phi) is 7.24. The molecule has 0 saturated heterocycles. The van der Waals surface area contributed by atoms with Crippen LogP contribution >= 0.6 is 24.0 Å². The van der Waals surface area contributed by atoms with Crippen LogP contribution in [0.1, 0.15) is 0 Å². The molecular formula is C20H17F2N3O2S3. The highest BCUT2D eigenvalue weighted by Crippen LogP contribution is 2.26. The maximum atomic E-state index is 12.6. The molecule has 0 aromatic heterocycles. The molecule has 156 valence electrons. The van der Waals surface area contributed by atoms with Crippen LogP contribution in [-0.2, 0) is 10.0 Å². The molecule has 0 aliphatic heterocycles. The molecule has 0 atom stereocenters. The van der Waals surface area contributed by atoms with Crippen LogP contribution in [0.3, 0.4) is 0 Å². The van der Waals surface area contributed by atoms with Crippen molar-refractivity contribution in [1.29, 1.82) is 0 Å². The van der Waals surface area contributed by atoms with Gasteiger partial charge in [-0.25, -0.2) is 8.42 Å². The van der Waals surface area contributed by atoms with Gasteiger partial charge in [0.1, 0.15) is 0 Å². The third-order valence-electron chi connectivity index (χ3n) is 3.77. The van der Waals surface area contributed by atoms with Crippen LogP contribution in [-0.4, -0.2) is 19.3 Å². The summed E-state index contributed by atoms with van der Waals surface area (Å²) < 4.78 is 52.5. The molecule has 3 aromatic rings. The zero-order valence-electron chi connectivity index (χ0n) is 15.4. The summed E-state index contributed by atoms with van der Waals surface area (Å²) >= 11 is 5.71. The van der Waals surface area contributed by atoms with Crippen molar-refractivity contribution in [3.8, 4) is 0 Å². The SMILES string of the molecule is O=S(=O)(Nc1ccccc1)c1cccc(NC(=S)Nc2ccc(SC(F)F)cc2)c1. The van der Waals surface area contributed by atoms with E-state index in [9.17, 15) is 17.2 Å². The first-order chi connectivity index (χ1) is 14.3. The lowest BCUT2D eigenvalue weighted by Crippen LogP contribution is -2.19. The van der Waals surface area contributed by atoms with Crippen molar-refractivity contribution in [1.82, 2.24) is 0 Å². The lowest BCUT2D eigenvalue weighted by molar-refractivity contribution is 0.252. The van der Waals surface area contributed by atoms with Crippen LogP contribution in [0.2, 0.25) is 0 Å². The predicted octanol–water partition coefficient (Wildman–Crippen LogP) is 5.61. The Labute approximate surface area is 182 Å². The molecule has 0 unspecified atom stereocenters. The summed E-state index contributed by atoms with van der Waals surface area (Å²) in [4.78, 5) is 0.519. The average molecular weight is 466 g/mol. The van der Waals surface area contributed by atoms with Crippen molar-refractivity contribution < 1.29 is 17.2 Å². The van der Waals surface area contributed by atoms with Crippen molar-refractivity contribution in [2.24, 2.45) is 0 Å². The molecule has 30 heavy (non-hydrogen) atoms. The lowest BCUT2D eigenvalue weighted by atomic mass is 10.3. The van der Waals surface area contributed by atoms with Gasteiger partial charge in [0.05, 0.1) is 4.90 Å². The molecule has 0 heterocycles. The molecule has 0 fully saturated rings. The number of anilines is 3. The van der Waals surface area contributed by atoms with Gasteiger partial charge in [-0.1, -0.05) is 36.0 Å². The molecule has 0 aliphatic carbocycles. The van der Waals surface area contributed by atoms with E-state index in [4.69, 9.17) is 12.2 Å². The normalized spacial score (nSPS) is 11.2. The van der Waals surface area contributed by atoms with Gasteiger partial charge in [0.2, 0.25) is 0 Å². The van der Waals surface area contributed by atoms with E-state index in [0.29, 0.717) is 33.7 Å². The number of rotatable bonds is 7. The van der Waals surface area contributed by atoms with Crippen molar-refractivity contribution in [2.45, 2.75) is 15.5 Å². The quantitative estimate of drug-likeness (QED) is 0.311. The van der Waals surface area contributed by atoms with E-state index in [-0.39, 0.29) is 10.0 Å². The van der Waals surface area contributed by atoms with Crippen LogP contribution in [0.15, 0.2) is 88.7 Å². The van der Waals surface area contributed by atoms with Gasteiger partial charge in [0.25, 0.3) is 15.8 Å². The molecule has 10 heteroatoms. The van der Waals surface area contributed by atoms with Crippen LogP contribution in [0.4, 0.5) is 25.8 Å². The Hall–Kier alpha value is -2.69.